The minimum atomic E-state index is -0.536. The summed E-state index contributed by atoms with van der Waals surface area (Å²) >= 11 is 0. The summed E-state index contributed by atoms with van der Waals surface area (Å²) in [7, 11) is 0. The van der Waals surface area contributed by atoms with Crippen LogP contribution in [-0.4, -0.2) is 47.8 Å². The van der Waals surface area contributed by atoms with Gasteiger partial charge in [-0.1, -0.05) is 13.3 Å². The molecule has 1 saturated heterocycles. The lowest BCUT2D eigenvalue weighted by Crippen LogP contribution is -2.45. The maximum Gasteiger partial charge on any atom is 0.0603 e. The van der Waals surface area contributed by atoms with Crippen molar-refractivity contribution >= 4 is 0 Å². The van der Waals surface area contributed by atoms with Gasteiger partial charge < -0.3 is 15.3 Å². The molecule has 17 heavy (non-hydrogen) atoms. The van der Waals surface area contributed by atoms with Crippen molar-refractivity contribution < 1.29 is 5.11 Å². The Kier molecular flexibility index (Phi) is 6.45. The van der Waals surface area contributed by atoms with Gasteiger partial charge in [-0.2, -0.15) is 0 Å². The molecule has 0 spiro atoms. The summed E-state index contributed by atoms with van der Waals surface area (Å²) in [5.74, 6) is 0. The zero-order valence-corrected chi connectivity index (χ0v) is 11.8. The third kappa shape index (κ3) is 7.02. The molecule has 0 aliphatic carbocycles. The molecule has 1 fully saturated rings. The second-order valence-electron chi connectivity index (χ2n) is 6.01. The van der Waals surface area contributed by atoms with Crippen molar-refractivity contribution in [2.75, 3.05) is 26.2 Å². The molecule has 1 aliphatic heterocycles. The van der Waals surface area contributed by atoms with Crippen molar-refractivity contribution in [2.45, 2.75) is 64.5 Å². The van der Waals surface area contributed by atoms with Crippen LogP contribution in [0.3, 0.4) is 0 Å². The molecule has 0 aromatic carbocycles. The molecule has 3 nitrogen and oxygen atoms in total. The van der Waals surface area contributed by atoms with Crippen LogP contribution in [0.25, 0.3) is 0 Å². The van der Waals surface area contributed by atoms with E-state index in [0.29, 0.717) is 6.04 Å². The van der Waals surface area contributed by atoms with Gasteiger partial charge in [0.1, 0.15) is 0 Å². The average Bonchev–Trinajstić information content (AvgIpc) is 2.27. The Morgan fingerprint density at radius 2 is 2.06 bits per heavy atom. The number of hydrogen-bond acceptors (Lipinski definition) is 3. The molecule has 0 aromatic rings. The van der Waals surface area contributed by atoms with Gasteiger partial charge in [0.25, 0.3) is 0 Å². The smallest absolute Gasteiger partial charge is 0.0603 e. The van der Waals surface area contributed by atoms with E-state index < -0.39 is 5.60 Å². The quantitative estimate of drug-likeness (QED) is 0.717. The molecule has 0 bridgehead atoms. The third-order valence-corrected chi connectivity index (χ3v) is 3.47. The minimum absolute atomic E-state index is 0.536. The van der Waals surface area contributed by atoms with Crippen LogP contribution >= 0.6 is 0 Å². The Balaban J connectivity index is 2.31. The molecular formula is C14H30N2O. The van der Waals surface area contributed by atoms with Crippen LogP contribution < -0.4 is 5.32 Å². The largest absolute Gasteiger partial charge is 0.390 e. The number of rotatable bonds is 7. The fourth-order valence-corrected chi connectivity index (χ4v) is 2.43. The first-order chi connectivity index (χ1) is 8.01. The Bertz CT molecular complexity index is 195. The van der Waals surface area contributed by atoms with Gasteiger partial charge in [0, 0.05) is 19.1 Å². The van der Waals surface area contributed by atoms with Crippen LogP contribution in [0.2, 0.25) is 0 Å². The van der Waals surface area contributed by atoms with E-state index in [0.717, 1.165) is 26.1 Å². The molecule has 1 aliphatic rings. The monoisotopic (exact) mass is 242 g/mol. The molecule has 0 saturated carbocycles. The zero-order valence-electron chi connectivity index (χ0n) is 11.8. The van der Waals surface area contributed by atoms with Gasteiger partial charge in [-0.05, 0) is 52.6 Å². The minimum Gasteiger partial charge on any atom is -0.390 e. The average molecular weight is 242 g/mol. The van der Waals surface area contributed by atoms with Crippen molar-refractivity contribution in [2.24, 2.45) is 0 Å². The first-order valence-electron chi connectivity index (χ1n) is 7.19. The van der Waals surface area contributed by atoms with Crippen molar-refractivity contribution in [3.05, 3.63) is 0 Å². The molecule has 2 N–H and O–H groups in total. The van der Waals surface area contributed by atoms with Crippen LogP contribution in [0.1, 0.15) is 52.9 Å². The van der Waals surface area contributed by atoms with Gasteiger partial charge in [0.2, 0.25) is 0 Å². The highest BCUT2D eigenvalue weighted by Gasteiger charge is 2.19. The fraction of sp³-hybridized carbons (Fsp3) is 1.00. The summed E-state index contributed by atoms with van der Waals surface area (Å²) < 4.78 is 0. The molecule has 0 radical (unpaired) electrons. The molecule has 3 heteroatoms. The van der Waals surface area contributed by atoms with Gasteiger partial charge >= 0.3 is 0 Å². The van der Waals surface area contributed by atoms with Crippen molar-refractivity contribution in [3.63, 3.8) is 0 Å². The predicted molar refractivity (Wildman–Crippen MR) is 73.3 cm³/mol. The number of nitrogens with zero attached hydrogens (tertiary/aromatic N) is 1. The van der Waals surface area contributed by atoms with Crippen LogP contribution in [0.4, 0.5) is 0 Å². The van der Waals surface area contributed by atoms with E-state index in [1.54, 1.807) is 0 Å². The maximum absolute atomic E-state index is 9.80. The lowest BCUT2D eigenvalue weighted by Gasteiger charge is -2.31. The number of nitrogens with one attached hydrogen (secondary N) is 1. The molecule has 1 rings (SSSR count). The number of hydrogen-bond donors (Lipinski definition) is 2. The fourth-order valence-electron chi connectivity index (χ4n) is 2.43. The number of aliphatic hydroxyl groups is 1. The lowest BCUT2D eigenvalue weighted by atomic mass is 10.0. The van der Waals surface area contributed by atoms with E-state index in [1.807, 2.05) is 13.8 Å². The van der Waals surface area contributed by atoms with Gasteiger partial charge in [-0.25, -0.2) is 0 Å². The summed E-state index contributed by atoms with van der Waals surface area (Å²) in [6.45, 7) is 10.5. The van der Waals surface area contributed by atoms with Crippen LogP contribution in [0.5, 0.6) is 0 Å². The molecule has 102 valence electrons. The van der Waals surface area contributed by atoms with Crippen LogP contribution in [0, 0.1) is 0 Å². The van der Waals surface area contributed by atoms with Crippen LogP contribution in [0.15, 0.2) is 0 Å². The topological polar surface area (TPSA) is 35.5 Å². The summed E-state index contributed by atoms with van der Waals surface area (Å²) in [4.78, 5) is 2.50. The molecule has 1 heterocycles. The maximum atomic E-state index is 9.80. The van der Waals surface area contributed by atoms with Gasteiger partial charge in [-0.15, -0.1) is 0 Å². The summed E-state index contributed by atoms with van der Waals surface area (Å²) in [6.07, 6.45) is 6.05. The highest BCUT2D eigenvalue weighted by molar-refractivity contribution is 4.77. The van der Waals surface area contributed by atoms with Gasteiger partial charge in [0.15, 0.2) is 0 Å². The molecule has 1 atom stereocenters. The Labute approximate surface area is 107 Å². The van der Waals surface area contributed by atoms with E-state index >= 15 is 0 Å². The first-order valence-corrected chi connectivity index (χ1v) is 7.19. The standard InChI is InChI=1S/C14H30N2O/c1-4-10-16(11-8-14(2,3)17)12-13-7-5-6-9-15-13/h13,15,17H,4-12H2,1-3H3. The van der Waals surface area contributed by atoms with Crippen molar-refractivity contribution in [3.8, 4) is 0 Å². The molecule has 1 unspecified atom stereocenters. The van der Waals surface area contributed by atoms with Crippen LogP contribution in [-0.2, 0) is 0 Å². The summed E-state index contributed by atoms with van der Waals surface area (Å²) in [5.41, 5.74) is -0.536. The Hall–Kier alpha value is -0.120. The zero-order chi connectivity index (χ0) is 12.7. The third-order valence-electron chi connectivity index (χ3n) is 3.47. The van der Waals surface area contributed by atoms with Gasteiger partial charge in [0.05, 0.1) is 5.60 Å². The Morgan fingerprint density at radius 1 is 1.29 bits per heavy atom. The Morgan fingerprint density at radius 3 is 2.59 bits per heavy atom. The summed E-state index contributed by atoms with van der Waals surface area (Å²) in [5, 5.41) is 13.4. The van der Waals surface area contributed by atoms with Crippen molar-refractivity contribution in [1.82, 2.24) is 10.2 Å². The number of piperidine rings is 1. The second kappa shape index (κ2) is 7.34. The van der Waals surface area contributed by atoms with Gasteiger partial charge in [-0.3, -0.25) is 0 Å². The summed E-state index contributed by atoms with van der Waals surface area (Å²) in [6, 6.07) is 0.664. The van der Waals surface area contributed by atoms with Crippen molar-refractivity contribution in [1.29, 1.82) is 0 Å². The second-order valence-corrected chi connectivity index (χ2v) is 6.01. The normalized spacial score (nSPS) is 22.1. The predicted octanol–water partition coefficient (Wildman–Crippen LogP) is 2.00. The van der Waals surface area contributed by atoms with E-state index in [4.69, 9.17) is 0 Å². The SMILES string of the molecule is CCCN(CCC(C)(C)O)CC1CCCCN1. The lowest BCUT2D eigenvalue weighted by molar-refractivity contribution is 0.0557. The first kappa shape index (κ1) is 14.9. The van der Waals surface area contributed by atoms with E-state index in [9.17, 15) is 5.11 Å². The molecule has 0 amide bonds. The molecular weight excluding hydrogens is 212 g/mol. The molecule has 0 aromatic heterocycles. The highest BCUT2D eigenvalue weighted by atomic mass is 16.3. The highest BCUT2D eigenvalue weighted by Crippen LogP contribution is 2.12. The van der Waals surface area contributed by atoms with E-state index in [-0.39, 0.29) is 0 Å². The van der Waals surface area contributed by atoms with E-state index in [2.05, 4.69) is 17.1 Å². The van der Waals surface area contributed by atoms with E-state index in [1.165, 1.54) is 32.2 Å².